The van der Waals surface area contributed by atoms with E-state index < -0.39 is 23.8 Å². The van der Waals surface area contributed by atoms with E-state index in [1.54, 1.807) is 13.8 Å². The van der Waals surface area contributed by atoms with E-state index >= 15 is 0 Å². The molecule has 0 radical (unpaired) electrons. The van der Waals surface area contributed by atoms with Crippen LogP contribution in [0.1, 0.15) is 30.5 Å². The number of benzene rings is 2. The summed E-state index contributed by atoms with van der Waals surface area (Å²) in [6, 6.07) is 16.4. The van der Waals surface area contributed by atoms with Crippen molar-refractivity contribution in [1.82, 2.24) is 10.6 Å². The molecule has 27 heavy (non-hydrogen) atoms. The molecule has 0 bridgehead atoms. The van der Waals surface area contributed by atoms with E-state index in [4.69, 9.17) is 5.11 Å². The van der Waals surface area contributed by atoms with Crippen LogP contribution in [-0.2, 0) is 18.6 Å². The van der Waals surface area contributed by atoms with Crippen LogP contribution in [0.5, 0.6) is 0 Å². The number of carbonyl (C=O) groups is 1. The van der Waals surface area contributed by atoms with Crippen molar-refractivity contribution >= 4 is 6.09 Å². The third-order valence-electron chi connectivity index (χ3n) is 4.39. The fourth-order valence-electron chi connectivity index (χ4n) is 2.88. The van der Waals surface area contributed by atoms with Crippen molar-refractivity contribution in [3.63, 3.8) is 0 Å². The highest BCUT2D eigenvalue weighted by Gasteiger charge is 2.21. The highest BCUT2D eigenvalue weighted by atomic mass is 16.4. The Bertz CT molecular complexity index is 728. The minimum Gasteiger partial charge on any atom is -0.465 e. The molecule has 0 fully saturated rings. The maximum atomic E-state index is 11.1. The maximum absolute atomic E-state index is 11.1. The first-order valence-electron chi connectivity index (χ1n) is 8.99. The highest BCUT2D eigenvalue weighted by molar-refractivity contribution is 5.65. The van der Waals surface area contributed by atoms with Crippen LogP contribution in [0.2, 0.25) is 0 Å². The Hall–Kier alpha value is -2.41. The fourth-order valence-corrected chi connectivity index (χ4v) is 2.88. The molecular weight excluding hydrogens is 344 g/mol. The van der Waals surface area contributed by atoms with Gasteiger partial charge in [0.2, 0.25) is 0 Å². The lowest BCUT2D eigenvalue weighted by atomic mass is 9.96. The second kappa shape index (κ2) is 9.50. The van der Waals surface area contributed by atoms with Gasteiger partial charge in [-0.3, -0.25) is 0 Å². The standard InChI is InChI=1S/C21H28N2O4/c1-21(2,27)17-10-6-9-16(11-17)13-22-14-19(24)18(23-20(25)26)12-15-7-4-3-5-8-15/h3-11,18-19,22-24,27H,12-14H2,1-2H3,(H,25,26)/t18?,19-/m1/s1. The second-order valence-corrected chi connectivity index (χ2v) is 7.20. The van der Waals surface area contributed by atoms with Gasteiger partial charge in [-0.2, -0.15) is 0 Å². The average molecular weight is 372 g/mol. The van der Waals surface area contributed by atoms with Crippen LogP contribution in [0.4, 0.5) is 4.79 Å². The van der Waals surface area contributed by atoms with Gasteiger partial charge in [-0.1, -0.05) is 54.6 Å². The Labute approximate surface area is 159 Å². The van der Waals surface area contributed by atoms with Gasteiger partial charge in [-0.25, -0.2) is 4.79 Å². The highest BCUT2D eigenvalue weighted by Crippen LogP contribution is 2.20. The predicted molar refractivity (Wildman–Crippen MR) is 104 cm³/mol. The molecule has 1 unspecified atom stereocenters. The van der Waals surface area contributed by atoms with Crippen LogP contribution in [0.15, 0.2) is 54.6 Å². The molecule has 0 saturated heterocycles. The van der Waals surface area contributed by atoms with E-state index in [2.05, 4.69) is 10.6 Å². The molecule has 2 rings (SSSR count). The van der Waals surface area contributed by atoms with Crippen molar-refractivity contribution in [1.29, 1.82) is 0 Å². The first-order valence-corrected chi connectivity index (χ1v) is 8.99. The number of rotatable bonds is 9. The summed E-state index contributed by atoms with van der Waals surface area (Å²) in [6.45, 7) is 4.21. The molecule has 2 aromatic rings. The lowest BCUT2D eigenvalue weighted by Gasteiger charge is -2.23. The van der Waals surface area contributed by atoms with Gasteiger partial charge in [0.25, 0.3) is 0 Å². The molecule has 5 N–H and O–H groups in total. The molecule has 6 nitrogen and oxygen atoms in total. The van der Waals surface area contributed by atoms with Gasteiger partial charge >= 0.3 is 6.09 Å². The number of aliphatic hydroxyl groups excluding tert-OH is 1. The summed E-state index contributed by atoms with van der Waals surface area (Å²) in [4.78, 5) is 11.1. The van der Waals surface area contributed by atoms with Crippen molar-refractivity contribution in [2.75, 3.05) is 6.54 Å². The normalized spacial score (nSPS) is 13.8. The molecule has 0 aliphatic heterocycles. The Morgan fingerprint density at radius 1 is 1.07 bits per heavy atom. The lowest BCUT2D eigenvalue weighted by molar-refractivity contribution is 0.0785. The minimum absolute atomic E-state index is 0.241. The van der Waals surface area contributed by atoms with Crippen LogP contribution in [-0.4, -0.2) is 40.1 Å². The summed E-state index contributed by atoms with van der Waals surface area (Å²) in [6.07, 6.45) is -1.63. The van der Waals surface area contributed by atoms with Crippen LogP contribution in [0.25, 0.3) is 0 Å². The van der Waals surface area contributed by atoms with Crippen molar-refractivity contribution in [2.24, 2.45) is 0 Å². The van der Waals surface area contributed by atoms with E-state index in [0.717, 1.165) is 16.7 Å². The zero-order valence-corrected chi connectivity index (χ0v) is 15.7. The van der Waals surface area contributed by atoms with Crippen LogP contribution < -0.4 is 10.6 Å². The molecule has 0 aromatic heterocycles. The van der Waals surface area contributed by atoms with Crippen LogP contribution in [0, 0.1) is 0 Å². The average Bonchev–Trinajstić information content (AvgIpc) is 2.61. The molecule has 0 aliphatic carbocycles. The molecule has 146 valence electrons. The van der Waals surface area contributed by atoms with Crippen molar-refractivity contribution < 1.29 is 20.1 Å². The van der Waals surface area contributed by atoms with E-state index in [9.17, 15) is 15.0 Å². The number of amides is 1. The summed E-state index contributed by atoms with van der Waals surface area (Å²) in [5.41, 5.74) is 1.83. The number of hydrogen-bond donors (Lipinski definition) is 5. The summed E-state index contributed by atoms with van der Waals surface area (Å²) in [5, 5.41) is 35.2. The smallest absolute Gasteiger partial charge is 0.404 e. The number of aliphatic hydroxyl groups is 2. The fraction of sp³-hybridized carbons (Fsp3) is 0.381. The van der Waals surface area contributed by atoms with E-state index in [1.165, 1.54) is 0 Å². The molecule has 2 aromatic carbocycles. The number of nitrogens with one attached hydrogen (secondary N) is 2. The van der Waals surface area contributed by atoms with Crippen molar-refractivity contribution in [2.45, 2.75) is 44.6 Å². The number of hydrogen-bond acceptors (Lipinski definition) is 4. The van der Waals surface area contributed by atoms with Gasteiger partial charge in [0.1, 0.15) is 0 Å². The lowest BCUT2D eigenvalue weighted by Crippen LogP contribution is -2.48. The summed E-state index contributed by atoms with van der Waals surface area (Å²) < 4.78 is 0. The quantitative estimate of drug-likeness (QED) is 0.465. The molecule has 6 heteroatoms. The maximum Gasteiger partial charge on any atom is 0.404 e. The van der Waals surface area contributed by atoms with Crippen LogP contribution in [0.3, 0.4) is 0 Å². The number of carboxylic acid groups (broad SMARTS) is 1. The first kappa shape index (κ1) is 20.9. The van der Waals surface area contributed by atoms with E-state index in [-0.39, 0.29) is 6.54 Å². The minimum atomic E-state index is -1.16. The van der Waals surface area contributed by atoms with E-state index in [0.29, 0.717) is 13.0 Å². The van der Waals surface area contributed by atoms with E-state index in [1.807, 2.05) is 54.6 Å². The second-order valence-electron chi connectivity index (χ2n) is 7.20. The van der Waals surface area contributed by atoms with Crippen molar-refractivity contribution in [3.8, 4) is 0 Å². The largest absolute Gasteiger partial charge is 0.465 e. The molecule has 0 heterocycles. The summed E-state index contributed by atoms with van der Waals surface area (Å²) in [7, 11) is 0. The van der Waals surface area contributed by atoms with Gasteiger partial charge in [0.15, 0.2) is 0 Å². The topological polar surface area (TPSA) is 102 Å². The summed E-state index contributed by atoms with van der Waals surface area (Å²) >= 11 is 0. The van der Waals surface area contributed by atoms with Crippen LogP contribution >= 0.6 is 0 Å². The molecule has 1 amide bonds. The van der Waals surface area contributed by atoms with Gasteiger partial charge < -0.3 is 26.0 Å². The Morgan fingerprint density at radius 2 is 1.74 bits per heavy atom. The van der Waals surface area contributed by atoms with Gasteiger partial charge in [0, 0.05) is 13.1 Å². The zero-order valence-electron chi connectivity index (χ0n) is 15.7. The SMILES string of the molecule is CC(C)(O)c1cccc(CNC[C@@H](O)C(Cc2ccccc2)NC(=O)O)c1. The molecule has 0 saturated carbocycles. The molecule has 2 atom stereocenters. The Balaban J connectivity index is 1.93. The molecule has 0 aliphatic rings. The molecule has 0 spiro atoms. The predicted octanol–water partition coefficient (Wildman–Crippen LogP) is 2.24. The summed E-state index contributed by atoms with van der Waals surface area (Å²) in [5.74, 6) is 0. The van der Waals surface area contributed by atoms with Gasteiger partial charge in [-0.15, -0.1) is 0 Å². The molecular formula is C21H28N2O4. The third kappa shape index (κ3) is 7.02. The third-order valence-corrected chi connectivity index (χ3v) is 4.39. The Kier molecular flexibility index (Phi) is 7.36. The zero-order chi connectivity index (χ0) is 19.9. The van der Waals surface area contributed by atoms with Gasteiger partial charge in [0.05, 0.1) is 17.7 Å². The van der Waals surface area contributed by atoms with Gasteiger partial charge in [-0.05, 0) is 37.0 Å². The first-order chi connectivity index (χ1) is 12.8. The monoisotopic (exact) mass is 372 g/mol. The van der Waals surface area contributed by atoms with Crippen molar-refractivity contribution in [3.05, 3.63) is 71.3 Å². The Morgan fingerprint density at radius 3 is 2.37 bits per heavy atom.